The molecule has 1 aromatic carbocycles. The third kappa shape index (κ3) is 2.73. The fourth-order valence-electron chi connectivity index (χ4n) is 1.71. The van der Waals surface area contributed by atoms with Crippen LogP contribution in [-0.4, -0.2) is 39.3 Å². The molecule has 19 heavy (non-hydrogen) atoms. The molecule has 1 heterocycles. The predicted molar refractivity (Wildman–Crippen MR) is 71.0 cm³/mol. The van der Waals surface area contributed by atoms with Crippen LogP contribution in [0.25, 0.3) is 0 Å². The summed E-state index contributed by atoms with van der Waals surface area (Å²) in [7, 11) is 5.08. The monoisotopic (exact) mass is 260 g/mol. The predicted octanol–water partition coefficient (Wildman–Crippen LogP) is 0.332. The van der Waals surface area contributed by atoms with Crippen molar-refractivity contribution >= 4 is 5.91 Å². The quantitative estimate of drug-likeness (QED) is 0.799. The van der Waals surface area contributed by atoms with Crippen LogP contribution >= 0.6 is 0 Å². The van der Waals surface area contributed by atoms with Gasteiger partial charge < -0.3 is 4.90 Å². The van der Waals surface area contributed by atoms with Crippen LogP contribution in [0.15, 0.2) is 35.4 Å². The molecule has 0 aliphatic rings. The van der Waals surface area contributed by atoms with Gasteiger partial charge in [0.1, 0.15) is 6.33 Å². The Kier molecular flexibility index (Phi) is 3.50. The van der Waals surface area contributed by atoms with E-state index in [1.54, 1.807) is 33.3 Å². The second-order valence-corrected chi connectivity index (χ2v) is 4.58. The molecule has 0 bridgehead atoms. The Bertz CT molecular complexity index is 637. The summed E-state index contributed by atoms with van der Waals surface area (Å²) in [6, 6.07) is 7.17. The SMILES string of the molecule is CN(C)C(=O)c1ccc(Cn2ncn(C)c2=O)cc1. The van der Waals surface area contributed by atoms with Crippen molar-refractivity contribution in [3.05, 3.63) is 52.2 Å². The van der Waals surface area contributed by atoms with Crippen molar-refractivity contribution in [1.29, 1.82) is 0 Å². The molecule has 100 valence electrons. The van der Waals surface area contributed by atoms with E-state index in [-0.39, 0.29) is 11.6 Å². The average molecular weight is 260 g/mol. The minimum absolute atomic E-state index is 0.0402. The molecular weight excluding hydrogens is 244 g/mol. The van der Waals surface area contributed by atoms with E-state index in [4.69, 9.17) is 0 Å². The Labute approximate surface area is 110 Å². The summed E-state index contributed by atoms with van der Waals surface area (Å²) < 4.78 is 2.80. The number of amides is 1. The third-order valence-electron chi connectivity index (χ3n) is 2.83. The fourth-order valence-corrected chi connectivity index (χ4v) is 1.71. The molecule has 0 aliphatic heterocycles. The third-order valence-corrected chi connectivity index (χ3v) is 2.83. The van der Waals surface area contributed by atoms with Crippen LogP contribution in [0.3, 0.4) is 0 Å². The van der Waals surface area contributed by atoms with Gasteiger partial charge in [-0.25, -0.2) is 9.48 Å². The van der Waals surface area contributed by atoms with Crippen molar-refractivity contribution in [2.45, 2.75) is 6.54 Å². The zero-order valence-corrected chi connectivity index (χ0v) is 11.2. The molecule has 1 amide bonds. The number of rotatable bonds is 3. The molecule has 1 aromatic heterocycles. The fraction of sp³-hybridized carbons (Fsp3) is 0.308. The van der Waals surface area contributed by atoms with Crippen LogP contribution in [0, 0.1) is 0 Å². The Balaban J connectivity index is 2.18. The van der Waals surface area contributed by atoms with Gasteiger partial charge in [-0.05, 0) is 17.7 Å². The summed E-state index contributed by atoms with van der Waals surface area (Å²) in [5.41, 5.74) is 1.40. The molecule has 2 aromatic rings. The molecule has 0 N–H and O–H groups in total. The standard InChI is InChI=1S/C13H16N4O2/c1-15(2)12(18)11-6-4-10(5-7-11)8-17-13(19)16(3)9-14-17/h4-7,9H,8H2,1-3H3. The molecule has 0 spiro atoms. The van der Waals surface area contributed by atoms with E-state index >= 15 is 0 Å². The first-order chi connectivity index (χ1) is 8.99. The van der Waals surface area contributed by atoms with Crippen molar-refractivity contribution in [2.24, 2.45) is 7.05 Å². The van der Waals surface area contributed by atoms with Gasteiger partial charge in [0.25, 0.3) is 5.91 Å². The van der Waals surface area contributed by atoms with Gasteiger partial charge >= 0.3 is 5.69 Å². The lowest BCUT2D eigenvalue weighted by atomic mass is 10.1. The summed E-state index contributed by atoms with van der Waals surface area (Å²) >= 11 is 0. The van der Waals surface area contributed by atoms with Crippen LogP contribution in [0.2, 0.25) is 0 Å². The van der Waals surface area contributed by atoms with Crippen LogP contribution in [0.4, 0.5) is 0 Å². The van der Waals surface area contributed by atoms with Gasteiger partial charge in [0, 0.05) is 26.7 Å². The summed E-state index contributed by atoms with van der Waals surface area (Å²) in [4.78, 5) is 24.9. The lowest BCUT2D eigenvalue weighted by Crippen LogP contribution is -2.23. The number of aryl methyl sites for hydroxylation is 1. The number of aromatic nitrogens is 3. The second-order valence-electron chi connectivity index (χ2n) is 4.58. The second kappa shape index (κ2) is 5.09. The molecule has 6 heteroatoms. The Morgan fingerprint density at radius 3 is 2.37 bits per heavy atom. The van der Waals surface area contributed by atoms with E-state index in [1.165, 1.54) is 20.5 Å². The van der Waals surface area contributed by atoms with Crippen LogP contribution in [-0.2, 0) is 13.6 Å². The molecule has 0 aliphatic carbocycles. The minimum atomic E-state index is -0.159. The molecule has 0 atom stereocenters. The van der Waals surface area contributed by atoms with Gasteiger partial charge in [-0.3, -0.25) is 9.36 Å². The molecule has 6 nitrogen and oxygen atoms in total. The first kappa shape index (κ1) is 13.1. The zero-order chi connectivity index (χ0) is 14.0. The molecule has 0 unspecified atom stereocenters. The zero-order valence-electron chi connectivity index (χ0n) is 11.2. The van der Waals surface area contributed by atoms with Crippen LogP contribution in [0.5, 0.6) is 0 Å². The van der Waals surface area contributed by atoms with Crippen molar-refractivity contribution in [2.75, 3.05) is 14.1 Å². The van der Waals surface area contributed by atoms with Crippen LogP contribution in [0.1, 0.15) is 15.9 Å². The maximum Gasteiger partial charge on any atom is 0.345 e. The number of hydrogen-bond acceptors (Lipinski definition) is 3. The van der Waals surface area contributed by atoms with E-state index in [1.807, 2.05) is 12.1 Å². The highest BCUT2D eigenvalue weighted by atomic mass is 16.2. The summed E-state index contributed by atoms with van der Waals surface area (Å²) in [5.74, 6) is -0.0402. The van der Waals surface area contributed by atoms with Crippen molar-refractivity contribution in [3.8, 4) is 0 Å². The average Bonchev–Trinajstić information content (AvgIpc) is 2.71. The van der Waals surface area contributed by atoms with Gasteiger partial charge in [-0.2, -0.15) is 5.10 Å². The van der Waals surface area contributed by atoms with Gasteiger partial charge in [0.05, 0.1) is 6.54 Å². The molecule has 0 saturated carbocycles. The molecule has 0 fully saturated rings. The topological polar surface area (TPSA) is 60.1 Å². The minimum Gasteiger partial charge on any atom is -0.345 e. The summed E-state index contributed by atoms with van der Waals surface area (Å²) in [6.45, 7) is 0.399. The normalized spacial score (nSPS) is 10.5. The van der Waals surface area contributed by atoms with Crippen molar-refractivity contribution in [1.82, 2.24) is 19.2 Å². The maximum absolute atomic E-state index is 11.7. The van der Waals surface area contributed by atoms with Gasteiger partial charge in [-0.1, -0.05) is 12.1 Å². The number of nitrogens with zero attached hydrogens (tertiary/aromatic N) is 4. The van der Waals surface area contributed by atoms with Gasteiger partial charge in [0.15, 0.2) is 0 Å². The number of carbonyl (C=O) groups is 1. The largest absolute Gasteiger partial charge is 0.345 e. The summed E-state index contributed by atoms with van der Waals surface area (Å²) in [5, 5.41) is 3.99. The van der Waals surface area contributed by atoms with Crippen molar-refractivity contribution < 1.29 is 4.79 Å². The maximum atomic E-state index is 11.7. The molecule has 0 saturated heterocycles. The lowest BCUT2D eigenvalue weighted by Gasteiger charge is -2.10. The Hall–Kier alpha value is -2.37. The van der Waals surface area contributed by atoms with E-state index < -0.39 is 0 Å². The Morgan fingerprint density at radius 2 is 1.89 bits per heavy atom. The smallest absolute Gasteiger partial charge is 0.345 e. The van der Waals surface area contributed by atoms with Gasteiger partial charge in [-0.15, -0.1) is 0 Å². The highest BCUT2D eigenvalue weighted by Crippen LogP contribution is 2.07. The first-order valence-electron chi connectivity index (χ1n) is 5.88. The molecule has 0 radical (unpaired) electrons. The first-order valence-corrected chi connectivity index (χ1v) is 5.88. The lowest BCUT2D eigenvalue weighted by molar-refractivity contribution is 0.0827. The Morgan fingerprint density at radius 1 is 1.26 bits per heavy atom. The molecular formula is C13H16N4O2. The summed E-state index contributed by atoms with van der Waals surface area (Å²) in [6.07, 6.45) is 1.48. The highest BCUT2D eigenvalue weighted by Gasteiger charge is 2.08. The number of carbonyl (C=O) groups excluding carboxylic acids is 1. The molecule has 2 rings (SSSR count). The van der Waals surface area contributed by atoms with Gasteiger partial charge in [0.2, 0.25) is 0 Å². The van der Waals surface area contributed by atoms with E-state index in [2.05, 4.69) is 5.10 Å². The van der Waals surface area contributed by atoms with E-state index in [0.717, 1.165) is 5.56 Å². The van der Waals surface area contributed by atoms with E-state index in [0.29, 0.717) is 12.1 Å². The van der Waals surface area contributed by atoms with Crippen LogP contribution < -0.4 is 5.69 Å². The highest BCUT2D eigenvalue weighted by molar-refractivity contribution is 5.93. The number of hydrogen-bond donors (Lipinski definition) is 0. The van der Waals surface area contributed by atoms with E-state index in [9.17, 15) is 9.59 Å². The number of benzene rings is 1. The van der Waals surface area contributed by atoms with Crippen molar-refractivity contribution in [3.63, 3.8) is 0 Å².